The number of aromatic nitrogens is 2. The van der Waals surface area contributed by atoms with Crippen molar-refractivity contribution in [1.29, 1.82) is 0 Å². The van der Waals surface area contributed by atoms with Crippen molar-refractivity contribution < 1.29 is 38.2 Å². The highest BCUT2D eigenvalue weighted by molar-refractivity contribution is 6.17. The summed E-state index contributed by atoms with van der Waals surface area (Å²) in [6.45, 7) is 10.4. The van der Waals surface area contributed by atoms with Crippen LogP contribution in [0.25, 0.3) is 21.8 Å². The first kappa shape index (κ1) is 29.4. The highest BCUT2D eigenvalue weighted by Gasteiger charge is 2.41. The number of likely N-dealkylation sites (N-methyl/N-ethyl adjacent to an activating group) is 2. The number of para-hydroxylation sites is 1. The molecule has 3 aromatic rings. The van der Waals surface area contributed by atoms with Gasteiger partial charge in [-0.25, -0.2) is 18.6 Å². The van der Waals surface area contributed by atoms with Crippen LogP contribution in [-0.2, 0) is 25.9 Å². The van der Waals surface area contributed by atoms with Crippen molar-refractivity contribution in [1.82, 2.24) is 14.4 Å². The van der Waals surface area contributed by atoms with Gasteiger partial charge in [0.25, 0.3) is 0 Å². The Bertz CT molecular complexity index is 1270. The lowest BCUT2D eigenvalue weighted by Gasteiger charge is -2.30. The van der Waals surface area contributed by atoms with Gasteiger partial charge < -0.3 is 14.4 Å². The van der Waals surface area contributed by atoms with Crippen molar-refractivity contribution in [3.05, 3.63) is 41.2 Å². The van der Waals surface area contributed by atoms with E-state index >= 15 is 0 Å². The molecule has 1 aromatic carbocycles. The van der Waals surface area contributed by atoms with Crippen LogP contribution in [0.2, 0.25) is 0 Å². The second-order valence-corrected chi connectivity index (χ2v) is 11.8. The highest BCUT2D eigenvalue weighted by atomic mass is 35.7. The second-order valence-electron chi connectivity index (χ2n) is 11.1. The molecular weight excluding hydrogens is 496 g/mol. The van der Waals surface area contributed by atoms with Gasteiger partial charge in [-0.1, -0.05) is 39.0 Å². The molecule has 1 aliphatic rings. The van der Waals surface area contributed by atoms with Gasteiger partial charge in [0, 0.05) is 43.3 Å². The summed E-state index contributed by atoms with van der Waals surface area (Å²) < 4.78 is 38.9. The van der Waals surface area contributed by atoms with Crippen LogP contribution in [0.1, 0.15) is 48.9 Å². The number of pyridine rings is 1. The fourth-order valence-corrected chi connectivity index (χ4v) is 5.41. The summed E-state index contributed by atoms with van der Waals surface area (Å²) in [5.74, 6) is 0.302. The zero-order valence-corrected chi connectivity index (χ0v) is 23.7. The Labute approximate surface area is 221 Å². The third-order valence-corrected chi connectivity index (χ3v) is 6.88. The number of ketones is 1. The number of nitrogens with zero attached hydrogens (tertiary/aromatic N) is 4. The van der Waals surface area contributed by atoms with E-state index in [2.05, 4.69) is 92.2 Å². The number of hydrogen-bond acceptors (Lipinski definition) is 7. The van der Waals surface area contributed by atoms with Crippen molar-refractivity contribution in [3.8, 4) is 0 Å². The minimum atomic E-state index is -4.94. The van der Waals surface area contributed by atoms with E-state index in [1.54, 1.807) is 0 Å². The first-order valence-corrected chi connectivity index (χ1v) is 13.8. The average Bonchev–Trinajstić information content (AvgIpc) is 3.07. The molecule has 0 radical (unpaired) electrons. The minimum absolute atomic E-state index is 0.0108. The molecular formula is C27H39ClN4O5. The molecule has 2 heterocycles. The molecule has 0 atom stereocenters. The number of carbonyl (C=O) groups is 1. The standard InChI is InChI=1S/C27H39N4O.ClHO4/c1-8-20-24-19-11-9-10-12-21(19)31(16-14-29(6)7)26(24)25-22(30(20)15-13-28(4)5)17-27(2,3)18-23(25)32;2-1(3,4)5/h9-12H,8,13-18H2,1-7H3;(H,2,3,4,5)/q+1;/p-1. The third-order valence-electron chi connectivity index (χ3n) is 6.88. The van der Waals surface area contributed by atoms with Crippen molar-refractivity contribution in [2.75, 3.05) is 41.3 Å². The summed E-state index contributed by atoms with van der Waals surface area (Å²) in [4.78, 5) is 18.2. The zero-order valence-electron chi connectivity index (χ0n) is 23.0. The van der Waals surface area contributed by atoms with Crippen LogP contribution in [-0.4, -0.2) is 61.4 Å². The zero-order chi connectivity index (χ0) is 27.7. The summed E-state index contributed by atoms with van der Waals surface area (Å²) in [5.41, 5.74) is 5.98. The van der Waals surface area contributed by atoms with Gasteiger partial charge in [0.2, 0.25) is 0 Å². The fourth-order valence-electron chi connectivity index (χ4n) is 5.41. The number of halogens is 1. The van der Waals surface area contributed by atoms with Crippen LogP contribution < -0.4 is 23.2 Å². The van der Waals surface area contributed by atoms with E-state index in [9.17, 15) is 4.79 Å². The SMILES string of the molecule is CCc1c2c3ccccc3n(CCN(C)C)c2c2c([n+]1CCN(C)C)CC(C)(C)CC2=O.[O-][Cl+3]([O-])([O-])[O-]. The van der Waals surface area contributed by atoms with Gasteiger partial charge in [-0.2, -0.15) is 4.57 Å². The molecule has 0 spiro atoms. The largest absolute Gasteiger partial charge is 0.338 e. The molecule has 0 unspecified atom stereocenters. The lowest BCUT2D eigenvalue weighted by molar-refractivity contribution is -2.00. The Morgan fingerprint density at radius 1 is 1.00 bits per heavy atom. The maximum Gasteiger partial charge on any atom is 0.195 e. The van der Waals surface area contributed by atoms with Gasteiger partial charge in [0.1, 0.15) is 5.56 Å². The van der Waals surface area contributed by atoms with E-state index in [0.717, 1.165) is 44.6 Å². The first-order chi connectivity index (χ1) is 17.1. The molecule has 0 N–H and O–H groups in total. The monoisotopic (exact) mass is 534 g/mol. The van der Waals surface area contributed by atoms with E-state index in [1.807, 2.05) is 0 Å². The van der Waals surface area contributed by atoms with E-state index in [4.69, 9.17) is 18.6 Å². The normalized spacial score (nSPS) is 15.4. The molecule has 0 fully saturated rings. The molecule has 37 heavy (non-hydrogen) atoms. The highest BCUT2D eigenvalue weighted by Crippen LogP contribution is 2.40. The minimum Gasteiger partial charge on any atom is -0.338 e. The van der Waals surface area contributed by atoms with E-state index in [1.165, 1.54) is 33.2 Å². The van der Waals surface area contributed by atoms with Crippen molar-refractivity contribution in [3.63, 3.8) is 0 Å². The lowest BCUT2D eigenvalue weighted by Crippen LogP contribution is -2.68. The topological polar surface area (TPSA) is 125 Å². The summed E-state index contributed by atoms with van der Waals surface area (Å²) in [6.07, 6.45) is 2.51. The summed E-state index contributed by atoms with van der Waals surface area (Å²) in [6, 6.07) is 8.71. The Hall–Kier alpha value is -2.11. The Balaban J connectivity index is 0.000000695. The molecule has 0 amide bonds. The van der Waals surface area contributed by atoms with Crippen LogP contribution in [0.15, 0.2) is 24.3 Å². The van der Waals surface area contributed by atoms with Crippen LogP contribution in [0.4, 0.5) is 0 Å². The average molecular weight is 535 g/mol. The quantitative estimate of drug-likeness (QED) is 0.362. The van der Waals surface area contributed by atoms with Crippen LogP contribution >= 0.6 is 0 Å². The second kappa shape index (κ2) is 11.3. The number of Topliss-reactive ketones (excluding diaryl/α,β-unsaturated/α-hetero) is 1. The van der Waals surface area contributed by atoms with Gasteiger partial charge >= 0.3 is 0 Å². The number of fused-ring (bicyclic) bond motifs is 5. The predicted molar refractivity (Wildman–Crippen MR) is 133 cm³/mol. The van der Waals surface area contributed by atoms with E-state index < -0.39 is 10.2 Å². The number of hydrogen-bond donors (Lipinski definition) is 0. The molecule has 4 rings (SSSR count). The number of benzene rings is 1. The fraction of sp³-hybridized carbons (Fsp3) is 0.556. The molecule has 0 bridgehead atoms. The van der Waals surface area contributed by atoms with E-state index in [-0.39, 0.29) is 5.41 Å². The Morgan fingerprint density at radius 3 is 2.16 bits per heavy atom. The van der Waals surface area contributed by atoms with Crippen molar-refractivity contribution in [2.45, 2.75) is 53.1 Å². The lowest BCUT2D eigenvalue weighted by atomic mass is 9.74. The molecule has 0 saturated heterocycles. The van der Waals surface area contributed by atoms with Crippen LogP contribution in [0.5, 0.6) is 0 Å². The first-order valence-electron chi connectivity index (χ1n) is 12.6. The van der Waals surface area contributed by atoms with E-state index in [0.29, 0.717) is 12.2 Å². The molecule has 204 valence electrons. The van der Waals surface area contributed by atoms with Crippen LogP contribution in [0, 0.1) is 15.7 Å². The molecule has 9 nitrogen and oxygen atoms in total. The van der Waals surface area contributed by atoms with Gasteiger partial charge in [-0.05, 0) is 39.7 Å². The molecule has 10 heteroatoms. The predicted octanol–water partition coefficient (Wildman–Crippen LogP) is -0.833. The molecule has 0 aliphatic heterocycles. The molecule has 0 saturated carbocycles. The summed E-state index contributed by atoms with van der Waals surface area (Å²) >= 11 is 0. The van der Waals surface area contributed by atoms with Crippen molar-refractivity contribution in [2.24, 2.45) is 5.41 Å². The summed E-state index contributed by atoms with van der Waals surface area (Å²) in [7, 11) is 3.53. The third kappa shape index (κ3) is 6.86. The maximum absolute atomic E-state index is 13.7. The smallest absolute Gasteiger partial charge is 0.195 e. The van der Waals surface area contributed by atoms with Gasteiger partial charge in [0.15, 0.2) is 23.7 Å². The number of rotatable bonds is 7. The summed E-state index contributed by atoms with van der Waals surface area (Å²) in [5, 5.41) is 2.56. The number of carbonyl (C=O) groups excluding carboxylic acids is 1. The van der Waals surface area contributed by atoms with Gasteiger partial charge in [-0.3, -0.25) is 4.79 Å². The maximum atomic E-state index is 13.7. The van der Waals surface area contributed by atoms with Crippen LogP contribution in [0.3, 0.4) is 0 Å². The molecule has 2 aromatic heterocycles. The van der Waals surface area contributed by atoms with Crippen molar-refractivity contribution >= 4 is 27.6 Å². The van der Waals surface area contributed by atoms with Gasteiger partial charge in [0.05, 0.1) is 17.4 Å². The number of aryl methyl sites for hydroxylation is 1. The molecule has 1 aliphatic carbocycles. The Morgan fingerprint density at radius 2 is 1.59 bits per heavy atom. The Kier molecular flexibility index (Phi) is 9.01. The van der Waals surface area contributed by atoms with Gasteiger partial charge in [-0.15, -0.1) is 10.2 Å².